The zero-order chi connectivity index (χ0) is 15.7. The minimum Gasteiger partial charge on any atom is -0.384 e. The first-order valence-electron chi connectivity index (χ1n) is 6.36. The van der Waals surface area contributed by atoms with Gasteiger partial charge in [0.05, 0.1) is 16.8 Å². The quantitative estimate of drug-likeness (QED) is 0.539. The topological polar surface area (TPSA) is 130 Å². The van der Waals surface area contributed by atoms with E-state index < -0.39 is 25.1 Å². The third-order valence-corrected chi connectivity index (χ3v) is 6.96. The molecule has 0 atom stereocenters. The summed E-state index contributed by atoms with van der Waals surface area (Å²) < 4.78 is 49.6. The maximum absolute atomic E-state index is 12.3. The van der Waals surface area contributed by atoms with Crippen molar-refractivity contribution < 1.29 is 16.8 Å². The molecule has 7 nitrogen and oxygen atoms in total. The lowest BCUT2D eigenvalue weighted by atomic mass is 10.2. The molecule has 0 radical (unpaired) electrons. The van der Waals surface area contributed by atoms with Gasteiger partial charge in [0, 0.05) is 11.3 Å². The van der Waals surface area contributed by atoms with E-state index in [9.17, 15) is 16.8 Å². The third-order valence-electron chi connectivity index (χ3n) is 3.37. The average molecular weight is 331 g/mol. The summed E-state index contributed by atoms with van der Waals surface area (Å²) in [4.78, 5) is 0. The van der Waals surface area contributed by atoms with Gasteiger partial charge in [-0.25, -0.2) is 16.8 Å². The van der Waals surface area contributed by atoms with Crippen LogP contribution in [-0.4, -0.2) is 39.4 Å². The normalized spacial score (nSPS) is 19.0. The molecule has 1 aromatic rings. The van der Waals surface area contributed by atoms with Crippen LogP contribution in [0.2, 0.25) is 0 Å². The van der Waals surface area contributed by atoms with Crippen LogP contribution in [0.25, 0.3) is 0 Å². The summed E-state index contributed by atoms with van der Waals surface area (Å²) in [6.07, 6.45) is 0.203. The van der Waals surface area contributed by atoms with E-state index in [1.54, 1.807) is 18.2 Å². The summed E-state index contributed by atoms with van der Waals surface area (Å²) in [6.45, 7) is 0. The second kappa shape index (κ2) is 5.64. The predicted molar refractivity (Wildman–Crippen MR) is 81.7 cm³/mol. The molecule has 0 unspecified atom stereocenters. The first-order chi connectivity index (χ1) is 9.70. The molecule has 2 rings (SSSR count). The number of amidine groups is 1. The van der Waals surface area contributed by atoms with E-state index in [0.717, 1.165) is 0 Å². The van der Waals surface area contributed by atoms with Crippen LogP contribution in [0.1, 0.15) is 18.4 Å². The molecular weight excluding hydrogens is 314 g/mol. The second-order valence-electron chi connectivity index (χ2n) is 4.99. The van der Waals surface area contributed by atoms with E-state index in [-0.39, 0.29) is 30.2 Å². The smallest absolute Gasteiger partial charge is 0.235 e. The number of nitrogens with one attached hydrogen (secondary N) is 2. The molecule has 9 heteroatoms. The third kappa shape index (κ3) is 3.94. The molecule has 0 aliphatic carbocycles. The number of hydrogen-bond acceptors (Lipinski definition) is 5. The summed E-state index contributed by atoms with van der Waals surface area (Å²) >= 11 is 0. The number of anilines is 1. The molecule has 1 heterocycles. The fraction of sp³-hybridized carbons (Fsp3) is 0.417. The number of rotatable bonds is 4. The van der Waals surface area contributed by atoms with Crippen molar-refractivity contribution in [1.29, 1.82) is 5.41 Å². The highest BCUT2D eigenvalue weighted by atomic mass is 32.2. The summed E-state index contributed by atoms with van der Waals surface area (Å²) in [5, 5.41) is 6.62. The van der Waals surface area contributed by atoms with Gasteiger partial charge >= 0.3 is 0 Å². The Kier molecular flexibility index (Phi) is 4.24. The summed E-state index contributed by atoms with van der Waals surface area (Å²) in [5.74, 6) is -0.363. The van der Waals surface area contributed by atoms with Gasteiger partial charge in [0.1, 0.15) is 15.7 Å². The first-order valence-corrected chi connectivity index (χ1v) is 9.73. The Labute approximate surface area is 124 Å². The van der Waals surface area contributed by atoms with Crippen LogP contribution >= 0.6 is 0 Å². The zero-order valence-electron chi connectivity index (χ0n) is 11.2. The molecular formula is C12H17N3O4S2. The Morgan fingerprint density at radius 1 is 1.29 bits per heavy atom. The van der Waals surface area contributed by atoms with E-state index in [0.29, 0.717) is 11.3 Å². The lowest BCUT2D eigenvalue weighted by Crippen LogP contribution is -2.36. The van der Waals surface area contributed by atoms with E-state index >= 15 is 0 Å². The molecule has 0 saturated carbocycles. The fourth-order valence-electron chi connectivity index (χ4n) is 2.18. The molecule has 21 heavy (non-hydrogen) atoms. The number of benzene rings is 1. The van der Waals surface area contributed by atoms with Crippen molar-refractivity contribution in [3.05, 3.63) is 29.8 Å². The zero-order valence-corrected chi connectivity index (χ0v) is 12.9. The van der Waals surface area contributed by atoms with Gasteiger partial charge in [-0.05, 0) is 25.0 Å². The second-order valence-corrected chi connectivity index (χ2v) is 9.26. The van der Waals surface area contributed by atoms with Crippen molar-refractivity contribution in [3.63, 3.8) is 0 Å². The lowest BCUT2D eigenvalue weighted by Gasteiger charge is -2.22. The molecule has 1 fully saturated rings. The van der Waals surface area contributed by atoms with Gasteiger partial charge in [-0.2, -0.15) is 0 Å². The lowest BCUT2D eigenvalue weighted by molar-refractivity contribution is 0.555. The van der Waals surface area contributed by atoms with Crippen molar-refractivity contribution in [2.75, 3.05) is 16.2 Å². The highest BCUT2D eigenvalue weighted by Gasteiger charge is 2.32. The highest BCUT2D eigenvalue weighted by molar-refractivity contribution is 7.94. The molecule has 0 spiro atoms. The Morgan fingerprint density at radius 2 is 1.90 bits per heavy atom. The number of nitrogens with two attached hydrogens (primary N) is 1. The molecule has 1 aliphatic heterocycles. The van der Waals surface area contributed by atoms with Crippen molar-refractivity contribution in [3.8, 4) is 0 Å². The Bertz CT molecular complexity index is 742. The number of nitrogen functional groups attached to an aromatic ring is 1. The van der Waals surface area contributed by atoms with Gasteiger partial charge < -0.3 is 5.73 Å². The van der Waals surface area contributed by atoms with Crippen molar-refractivity contribution in [2.45, 2.75) is 18.1 Å². The summed E-state index contributed by atoms with van der Waals surface area (Å²) in [7, 11) is -6.76. The monoisotopic (exact) mass is 331 g/mol. The van der Waals surface area contributed by atoms with Gasteiger partial charge in [-0.3, -0.25) is 10.1 Å². The molecule has 0 bridgehead atoms. The van der Waals surface area contributed by atoms with Gasteiger partial charge in [0.15, 0.2) is 0 Å². The maximum Gasteiger partial charge on any atom is 0.235 e. The van der Waals surface area contributed by atoms with Crippen molar-refractivity contribution in [2.24, 2.45) is 5.73 Å². The molecule has 116 valence electrons. The Hall–Kier alpha value is -1.61. The van der Waals surface area contributed by atoms with Crippen molar-refractivity contribution in [1.82, 2.24) is 0 Å². The first kappa shape index (κ1) is 15.8. The van der Waals surface area contributed by atoms with Gasteiger partial charge in [-0.15, -0.1) is 0 Å². The van der Waals surface area contributed by atoms with E-state index in [2.05, 4.69) is 4.72 Å². The van der Waals surface area contributed by atoms with E-state index in [1.165, 1.54) is 6.07 Å². The number of sulfone groups is 1. The molecule has 1 aliphatic rings. The van der Waals surface area contributed by atoms with E-state index in [1.807, 2.05) is 0 Å². The van der Waals surface area contributed by atoms with Crippen LogP contribution < -0.4 is 10.5 Å². The van der Waals surface area contributed by atoms with Crippen LogP contribution in [0.3, 0.4) is 0 Å². The Morgan fingerprint density at radius 3 is 2.48 bits per heavy atom. The van der Waals surface area contributed by atoms with Crippen LogP contribution in [0, 0.1) is 5.41 Å². The molecule has 1 saturated heterocycles. The molecule has 4 N–H and O–H groups in total. The largest absolute Gasteiger partial charge is 0.384 e. The number of hydrogen-bond donors (Lipinski definition) is 3. The highest BCUT2D eigenvalue weighted by Crippen LogP contribution is 2.22. The fourth-order valence-corrected chi connectivity index (χ4v) is 5.44. The van der Waals surface area contributed by atoms with E-state index in [4.69, 9.17) is 11.1 Å². The van der Waals surface area contributed by atoms with Gasteiger partial charge in [0.25, 0.3) is 0 Å². The molecule has 1 aromatic carbocycles. The Balaban J connectivity index is 2.15. The van der Waals surface area contributed by atoms with Crippen LogP contribution in [0.4, 0.5) is 5.69 Å². The molecule has 0 aromatic heterocycles. The SMILES string of the molecule is N=C(N)c1cccc(NS(=O)(=O)C2CCS(=O)(=O)CC2)c1. The average Bonchev–Trinajstić information content (AvgIpc) is 2.37. The number of sulfonamides is 1. The standard InChI is InChI=1S/C12H17N3O4S2/c13-12(14)9-2-1-3-10(8-9)15-21(18,19)11-4-6-20(16,17)7-5-11/h1-3,8,11,15H,4-7H2,(H3,13,14). The van der Waals surface area contributed by atoms with Crippen molar-refractivity contribution >= 4 is 31.4 Å². The van der Waals surface area contributed by atoms with Crippen LogP contribution in [0.5, 0.6) is 0 Å². The summed E-state index contributed by atoms with van der Waals surface area (Å²) in [6, 6.07) is 6.23. The van der Waals surface area contributed by atoms with Gasteiger partial charge in [-0.1, -0.05) is 12.1 Å². The summed E-state index contributed by atoms with van der Waals surface area (Å²) in [5.41, 5.74) is 6.09. The van der Waals surface area contributed by atoms with Crippen LogP contribution in [-0.2, 0) is 19.9 Å². The molecule has 0 amide bonds. The minimum atomic E-state index is -3.65. The van der Waals surface area contributed by atoms with Crippen LogP contribution in [0.15, 0.2) is 24.3 Å². The maximum atomic E-state index is 12.3. The predicted octanol–water partition coefficient (Wildman–Crippen LogP) is 0.290. The minimum absolute atomic E-state index is 0.101. The van der Waals surface area contributed by atoms with Gasteiger partial charge in [0.2, 0.25) is 10.0 Å².